The van der Waals surface area contributed by atoms with Gasteiger partial charge in [0.05, 0.1) is 12.1 Å². The monoisotopic (exact) mass is 312 g/mol. The Kier molecular flexibility index (Phi) is 6.65. The number of methoxy groups -OCH3 is 1. The Morgan fingerprint density at radius 1 is 1.43 bits per heavy atom. The van der Waals surface area contributed by atoms with Crippen molar-refractivity contribution in [3.05, 3.63) is 34.9 Å². The summed E-state index contributed by atoms with van der Waals surface area (Å²) in [5.41, 5.74) is 2.84. The van der Waals surface area contributed by atoms with Gasteiger partial charge in [-0.2, -0.15) is 0 Å². The van der Waals surface area contributed by atoms with E-state index in [0.717, 1.165) is 36.1 Å². The maximum absolute atomic E-state index is 12.3. The van der Waals surface area contributed by atoms with E-state index in [4.69, 9.17) is 4.74 Å². The molecule has 1 aromatic carbocycles. The number of aryl methyl sites for hydroxylation is 1. The molecule has 118 valence electrons. The highest BCUT2D eigenvalue weighted by molar-refractivity contribution is 5.95. The van der Waals surface area contributed by atoms with E-state index >= 15 is 0 Å². The molecule has 5 heteroatoms. The summed E-state index contributed by atoms with van der Waals surface area (Å²) in [6.07, 6.45) is 2.16. The van der Waals surface area contributed by atoms with E-state index in [1.54, 1.807) is 7.11 Å². The number of rotatable bonds is 5. The zero-order valence-corrected chi connectivity index (χ0v) is 13.8. The van der Waals surface area contributed by atoms with Gasteiger partial charge in [0.15, 0.2) is 0 Å². The molecule has 0 aromatic heterocycles. The maximum Gasteiger partial charge on any atom is 0.251 e. The lowest BCUT2D eigenvalue weighted by molar-refractivity contribution is 0.0891. The average molecular weight is 313 g/mol. The lowest BCUT2D eigenvalue weighted by Crippen LogP contribution is -2.53. The van der Waals surface area contributed by atoms with Gasteiger partial charge in [0.25, 0.3) is 5.91 Å². The molecular weight excluding hydrogens is 288 g/mol. The van der Waals surface area contributed by atoms with Gasteiger partial charge in [0.1, 0.15) is 0 Å². The Hall–Kier alpha value is -1.10. The first kappa shape index (κ1) is 18.0. The number of ether oxygens (including phenoxy) is 1. The summed E-state index contributed by atoms with van der Waals surface area (Å²) >= 11 is 0. The summed E-state index contributed by atoms with van der Waals surface area (Å²) in [7, 11) is 1.70. The van der Waals surface area contributed by atoms with Crippen molar-refractivity contribution in [1.29, 1.82) is 0 Å². The normalized spacial score (nSPS) is 20.9. The minimum atomic E-state index is -0.109. The molecule has 1 fully saturated rings. The molecule has 2 N–H and O–H groups in total. The molecule has 0 radical (unpaired) electrons. The first-order valence-electron chi connectivity index (χ1n) is 7.16. The van der Waals surface area contributed by atoms with Gasteiger partial charge in [0.2, 0.25) is 0 Å². The molecule has 0 aliphatic carbocycles. The van der Waals surface area contributed by atoms with Crippen LogP contribution in [0.1, 0.15) is 34.3 Å². The van der Waals surface area contributed by atoms with Crippen molar-refractivity contribution in [3.8, 4) is 0 Å². The van der Waals surface area contributed by atoms with Crippen molar-refractivity contribution in [1.82, 2.24) is 10.6 Å². The molecule has 1 unspecified atom stereocenters. The Bertz CT molecular complexity index is 485. The summed E-state index contributed by atoms with van der Waals surface area (Å²) in [5.74, 6) is -0.00428. The molecule has 1 saturated heterocycles. The van der Waals surface area contributed by atoms with Crippen molar-refractivity contribution in [2.24, 2.45) is 0 Å². The third kappa shape index (κ3) is 4.19. The van der Waals surface area contributed by atoms with E-state index in [1.807, 2.05) is 32.0 Å². The zero-order valence-electron chi connectivity index (χ0n) is 13.0. The average Bonchev–Trinajstić information content (AvgIpc) is 2.89. The molecular formula is C16H25ClN2O2. The number of amides is 1. The second kappa shape index (κ2) is 7.78. The van der Waals surface area contributed by atoms with Crippen LogP contribution in [0.25, 0.3) is 0 Å². The summed E-state index contributed by atoms with van der Waals surface area (Å²) in [5, 5.41) is 6.52. The highest BCUT2D eigenvalue weighted by Gasteiger charge is 2.33. The second-order valence-corrected chi connectivity index (χ2v) is 5.67. The van der Waals surface area contributed by atoms with Crippen molar-refractivity contribution < 1.29 is 9.53 Å². The van der Waals surface area contributed by atoms with Crippen LogP contribution in [0.15, 0.2) is 18.2 Å². The topological polar surface area (TPSA) is 50.4 Å². The number of hydrogen-bond donors (Lipinski definition) is 2. The van der Waals surface area contributed by atoms with Crippen molar-refractivity contribution >= 4 is 18.3 Å². The van der Waals surface area contributed by atoms with E-state index in [9.17, 15) is 4.79 Å². The summed E-state index contributed by atoms with van der Waals surface area (Å²) in [6.45, 7) is 6.23. The van der Waals surface area contributed by atoms with Gasteiger partial charge in [-0.05, 0) is 50.4 Å². The van der Waals surface area contributed by atoms with E-state index < -0.39 is 0 Å². The molecule has 1 aromatic rings. The fourth-order valence-electron chi connectivity index (χ4n) is 2.81. The fourth-order valence-corrected chi connectivity index (χ4v) is 2.81. The van der Waals surface area contributed by atoms with Gasteiger partial charge in [-0.15, -0.1) is 12.4 Å². The van der Waals surface area contributed by atoms with Gasteiger partial charge >= 0.3 is 0 Å². The molecule has 0 bridgehead atoms. The van der Waals surface area contributed by atoms with Crippen LogP contribution in [0.5, 0.6) is 0 Å². The Morgan fingerprint density at radius 3 is 2.81 bits per heavy atom. The van der Waals surface area contributed by atoms with Crippen LogP contribution in [0.3, 0.4) is 0 Å². The summed E-state index contributed by atoms with van der Waals surface area (Å²) < 4.78 is 5.30. The molecule has 1 amide bonds. The van der Waals surface area contributed by atoms with Crippen LogP contribution in [0.4, 0.5) is 0 Å². The Labute approximate surface area is 133 Å². The number of halogens is 1. The number of nitrogens with one attached hydrogen (secondary N) is 2. The Balaban J connectivity index is 0.00000220. The van der Waals surface area contributed by atoms with Gasteiger partial charge in [0, 0.05) is 19.2 Å². The molecule has 0 saturated carbocycles. The van der Waals surface area contributed by atoms with E-state index in [0.29, 0.717) is 13.2 Å². The number of hydrogen-bond acceptors (Lipinski definition) is 3. The van der Waals surface area contributed by atoms with Crippen LogP contribution in [0, 0.1) is 13.8 Å². The fraction of sp³-hybridized carbons (Fsp3) is 0.562. The predicted molar refractivity (Wildman–Crippen MR) is 87.3 cm³/mol. The molecule has 0 spiro atoms. The largest absolute Gasteiger partial charge is 0.383 e. The van der Waals surface area contributed by atoms with Gasteiger partial charge in [-0.3, -0.25) is 4.79 Å². The van der Waals surface area contributed by atoms with E-state index in [-0.39, 0.29) is 23.9 Å². The predicted octanol–water partition coefficient (Wildman–Crippen LogP) is 2.22. The molecule has 1 aliphatic rings. The lowest BCUT2D eigenvalue weighted by atomic mass is 9.98. The second-order valence-electron chi connectivity index (χ2n) is 5.67. The molecule has 2 rings (SSSR count). The number of benzene rings is 1. The number of carbonyl (C=O) groups excluding carboxylic acids is 1. The maximum atomic E-state index is 12.3. The SMILES string of the molecule is COCC1(CNC(=O)c2cccc(C)c2C)CCCN1.Cl. The molecule has 1 heterocycles. The highest BCUT2D eigenvalue weighted by Crippen LogP contribution is 2.19. The van der Waals surface area contributed by atoms with Gasteiger partial charge < -0.3 is 15.4 Å². The van der Waals surface area contributed by atoms with Crippen LogP contribution >= 0.6 is 12.4 Å². The smallest absolute Gasteiger partial charge is 0.251 e. The standard InChI is InChI=1S/C16H24N2O2.ClH/c1-12-6-4-7-14(13(12)2)15(19)17-10-16(11-20-3)8-5-9-18-16;/h4,6-7,18H,5,8-11H2,1-3H3,(H,17,19);1H. The van der Waals surface area contributed by atoms with Crippen molar-refractivity contribution in [3.63, 3.8) is 0 Å². The summed E-state index contributed by atoms with van der Waals surface area (Å²) in [4.78, 5) is 12.3. The van der Waals surface area contributed by atoms with Crippen LogP contribution in [-0.2, 0) is 4.74 Å². The third-order valence-corrected chi connectivity index (χ3v) is 4.19. The van der Waals surface area contributed by atoms with Crippen LogP contribution in [-0.4, -0.2) is 38.3 Å². The lowest BCUT2D eigenvalue weighted by Gasteiger charge is -2.29. The Morgan fingerprint density at radius 2 is 2.19 bits per heavy atom. The molecule has 21 heavy (non-hydrogen) atoms. The minimum Gasteiger partial charge on any atom is -0.383 e. The van der Waals surface area contributed by atoms with Gasteiger partial charge in [-0.25, -0.2) is 0 Å². The van der Waals surface area contributed by atoms with Crippen LogP contribution < -0.4 is 10.6 Å². The van der Waals surface area contributed by atoms with E-state index in [1.165, 1.54) is 0 Å². The molecule has 1 aliphatic heterocycles. The zero-order chi connectivity index (χ0) is 14.6. The van der Waals surface area contributed by atoms with Crippen molar-refractivity contribution in [2.45, 2.75) is 32.2 Å². The van der Waals surface area contributed by atoms with E-state index in [2.05, 4.69) is 10.6 Å². The minimum absolute atomic E-state index is 0. The highest BCUT2D eigenvalue weighted by atomic mass is 35.5. The van der Waals surface area contributed by atoms with Crippen molar-refractivity contribution in [2.75, 3.05) is 26.8 Å². The first-order chi connectivity index (χ1) is 9.58. The molecule has 4 nitrogen and oxygen atoms in total. The first-order valence-corrected chi connectivity index (χ1v) is 7.16. The quantitative estimate of drug-likeness (QED) is 0.876. The number of carbonyl (C=O) groups is 1. The van der Waals surface area contributed by atoms with Gasteiger partial charge in [-0.1, -0.05) is 12.1 Å². The third-order valence-electron chi connectivity index (χ3n) is 4.19. The summed E-state index contributed by atoms with van der Waals surface area (Å²) in [6, 6.07) is 5.83. The molecule has 1 atom stereocenters. The van der Waals surface area contributed by atoms with Crippen LogP contribution in [0.2, 0.25) is 0 Å².